The second-order valence-corrected chi connectivity index (χ2v) is 8.72. The van der Waals surface area contributed by atoms with E-state index in [0.29, 0.717) is 35.1 Å². The first-order valence-electron chi connectivity index (χ1n) is 11.4. The van der Waals surface area contributed by atoms with Crippen LogP contribution in [0.25, 0.3) is 17.6 Å². The minimum atomic E-state index is -0.453. The topological polar surface area (TPSA) is 111 Å². The molecular formula is C24H28FN7O3. The van der Waals surface area contributed by atoms with Crippen molar-refractivity contribution in [1.82, 2.24) is 25.1 Å². The summed E-state index contributed by atoms with van der Waals surface area (Å²) in [5.41, 5.74) is 3.43. The summed E-state index contributed by atoms with van der Waals surface area (Å²) in [5, 5.41) is 9.88. The average Bonchev–Trinajstić information content (AvgIpc) is 3.49. The fraction of sp³-hybridized carbons (Fsp3) is 0.375. The van der Waals surface area contributed by atoms with E-state index in [1.807, 2.05) is 6.08 Å². The summed E-state index contributed by atoms with van der Waals surface area (Å²) in [7, 11) is 5.28. The van der Waals surface area contributed by atoms with Gasteiger partial charge in [-0.15, -0.1) is 0 Å². The highest BCUT2D eigenvalue weighted by Gasteiger charge is 2.26. The molecule has 35 heavy (non-hydrogen) atoms. The number of likely N-dealkylation sites (N-methyl/N-ethyl adjacent to an activating group) is 1. The van der Waals surface area contributed by atoms with Gasteiger partial charge in [-0.05, 0) is 25.2 Å². The minimum absolute atomic E-state index is 0.207. The largest absolute Gasteiger partial charge is 0.498 e. The number of amides is 1. The lowest BCUT2D eigenvalue weighted by atomic mass is 10.0. The fourth-order valence-electron chi connectivity index (χ4n) is 4.43. The van der Waals surface area contributed by atoms with E-state index in [9.17, 15) is 9.18 Å². The Morgan fingerprint density at radius 3 is 2.74 bits per heavy atom. The van der Waals surface area contributed by atoms with Gasteiger partial charge in [0.05, 0.1) is 18.5 Å². The zero-order chi connectivity index (χ0) is 24.5. The molecule has 0 bridgehead atoms. The summed E-state index contributed by atoms with van der Waals surface area (Å²) in [6.07, 6.45) is 3.76. The molecule has 11 heteroatoms. The molecule has 1 aliphatic heterocycles. The highest BCUT2D eigenvalue weighted by molar-refractivity contribution is 6.06. The van der Waals surface area contributed by atoms with Crippen LogP contribution in [0.15, 0.2) is 30.2 Å². The number of ether oxygens (including phenoxy) is 2. The van der Waals surface area contributed by atoms with Crippen LogP contribution < -0.4 is 10.2 Å². The smallest absolute Gasteiger partial charge is 0.255 e. The maximum Gasteiger partial charge on any atom is 0.255 e. The van der Waals surface area contributed by atoms with Crippen LogP contribution in [0.1, 0.15) is 21.7 Å². The van der Waals surface area contributed by atoms with Crippen LogP contribution in [0.5, 0.6) is 0 Å². The summed E-state index contributed by atoms with van der Waals surface area (Å²) < 4.78 is 25.3. The molecule has 0 radical (unpaired) electrons. The lowest BCUT2D eigenvalue weighted by molar-refractivity contribution is 0.0788. The molecular weight excluding hydrogens is 453 g/mol. The summed E-state index contributed by atoms with van der Waals surface area (Å²) in [4.78, 5) is 25.3. The SMILES string of the molecule is COC1=Cc2nc(-c3n[nH]cc3NC(=O)c3cc(F)cc(N4CCN(C)CC4)c3)[nH]c2CC1OC. The van der Waals surface area contributed by atoms with E-state index in [4.69, 9.17) is 9.47 Å². The van der Waals surface area contributed by atoms with Crippen LogP contribution in [0.3, 0.4) is 0 Å². The Kier molecular flexibility index (Phi) is 6.27. The number of hydrogen-bond acceptors (Lipinski definition) is 7. The van der Waals surface area contributed by atoms with Gasteiger partial charge < -0.3 is 29.6 Å². The zero-order valence-corrected chi connectivity index (χ0v) is 19.9. The quantitative estimate of drug-likeness (QED) is 0.496. The van der Waals surface area contributed by atoms with E-state index in [-0.39, 0.29) is 11.7 Å². The van der Waals surface area contributed by atoms with Crippen molar-refractivity contribution in [2.75, 3.05) is 57.7 Å². The Hall–Kier alpha value is -3.70. The second kappa shape index (κ2) is 9.51. The summed E-state index contributed by atoms with van der Waals surface area (Å²) >= 11 is 0. The normalized spacial score (nSPS) is 18.2. The fourth-order valence-corrected chi connectivity index (χ4v) is 4.43. The molecule has 1 fully saturated rings. The molecule has 0 spiro atoms. The number of H-pyrrole nitrogens is 2. The van der Waals surface area contributed by atoms with Crippen molar-refractivity contribution in [3.8, 4) is 11.5 Å². The maximum atomic E-state index is 14.4. The van der Waals surface area contributed by atoms with Crippen LogP contribution in [0.4, 0.5) is 15.8 Å². The summed E-state index contributed by atoms with van der Waals surface area (Å²) in [5.74, 6) is 0.300. The monoisotopic (exact) mass is 481 g/mol. The number of benzene rings is 1. The van der Waals surface area contributed by atoms with Gasteiger partial charge in [0.2, 0.25) is 0 Å². The van der Waals surface area contributed by atoms with Gasteiger partial charge in [-0.2, -0.15) is 5.10 Å². The first-order chi connectivity index (χ1) is 16.9. The van der Waals surface area contributed by atoms with Crippen molar-refractivity contribution >= 4 is 23.4 Å². The molecule has 3 heterocycles. The number of rotatable bonds is 6. The van der Waals surface area contributed by atoms with Crippen molar-refractivity contribution in [1.29, 1.82) is 0 Å². The highest BCUT2D eigenvalue weighted by Crippen LogP contribution is 2.30. The first-order valence-corrected chi connectivity index (χ1v) is 11.4. The Morgan fingerprint density at radius 1 is 1.20 bits per heavy atom. The highest BCUT2D eigenvalue weighted by atomic mass is 19.1. The molecule has 5 rings (SSSR count). The molecule has 1 amide bonds. The van der Waals surface area contributed by atoms with Gasteiger partial charge >= 0.3 is 0 Å². The third kappa shape index (κ3) is 4.64. The molecule has 1 aromatic carbocycles. The van der Waals surface area contributed by atoms with Crippen molar-refractivity contribution in [2.45, 2.75) is 12.5 Å². The van der Waals surface area contributed by atoms with Crippen LogP contribution in [-0.2, 0) is 15.9 Å². The predicted octanol–water partition coefficient (Wildman–Crippen LogP) is 2.50. The van der Waals surface area contributed by atoms with Crippen molar-refractivity contribution in [2.24, 2.45) is 0 Å². The number of aromatic amines is 2. The molecule has 10 nitrogen and oxygen atoms in total. The van der Waals surface area contributed by atoms with Gasteiger partial charge in [0.25, 0.3) is 5.91 Å². The second-order valence-electron chi connectivity index (χ2n) is 8.72. The predicted molar refractivity (Wildman–Crippen MR) is 130 cm³/mol. The molecule has 3 N–H and O–H groups in total. The van der Waals surface area contributed by atoms with E-state index < -0.39 is 11.7 Å². The number of piperazine rings is 1. The maximum absolute atomic E-state index is 14.4. The van der Waals surface area contributed by atoms with Crippen LogP contribution in [-0.4, -0.2) is 84.5 Å². The molecule has 1 saturated heterocycles. The lowest BCUT2D eigenvalue weighted by Gasteiger charge is -2.34. The van der Waals surface area contributed by atoms with Crippen LogP contribution in [0.2, 0.25) is 0 Å². The number of aromatic nitrogens is 4. The summed E-state index contributed by atoms with van der Waals surface area (Å²) in [6.45, 7) is 3.32. The van der Waals surface area contributed by atoms with Gasteiger partial charge in [-0.1, -0.05) is 0 Å². The first kappa shape index (κ1) is 23.1. The molecule has 2 aliphatic rings. The van der Waals surface area contributed by atoms with Gasteiger partial charge in [0, 0.05) is 68.9 Å². The number of carbonyl (C=O) groups excluding carboxylic acids is 1. The molecule has 1 atom stereocenters. The third-order valence-corrected chi connectivity index (χ3v) is 6.44. The number of nitrogens with zero attached hydrogens (tertiary/aromatic N) is 4. The molecule has 0 saturated carbocycles. The molecule has 2 aromatic heterocycles. The Labute approximate surface area is 202 Å². The number of hydrogen-bond donors (Lipinski definition) is 3. The number of nitrogens with one attached hydrogen (secondary N) is 3. The van der Waals surface area contributed by atoms with Crippen LogP contribution in [0, 0.1) is 5.82 Å². The number of fused-ring (bicyclic) bond motifs is 1. The van der Waals surface area contributed by atoms with Crippen molar-refractivity contribution < 1.29 is 18.7 Å². The van der Waals surface area contributed by atoms with E-state index in [0.717, 1.165) is 37.6 Å². The van der Waals surface area contributed by atoms with Crippen molar-refractivity contribution in [3.05, 3.63) is 52.9 Å². The number of anilines is 2. The van der Waals surface area contributed by atoms with Gasteiger partial charge in [-0.3, -0.25) is 9.89 Å². The summed E-state index contributed by atoms with van der Waals surface area (Å²) in [6, 6.07) is 4.42. The minimum Gasteiger partial charge on any atom is -0.498 e. The Morgan fingerprint density at radius 2 is 2.00 bits per heavy atom. The van der Waals surface area contributed by atoms with Gasteiger partial charge in [0.15, 0.2) is 11.5 Å². The van der Waals surface area contributed by atoms with E-state index >= 15 is 0 Å². The van der Waals surface area contributed by atoms with E-state index in [1.165, 1.54) is 12.1 Å². The van der Waals surface area contributed by atoms with E-state index in [2.05, 4.69) is 42.3 Å². The van der Waals surface area contributed by atoms with Gasteiger partial charge in [-0.25, -0.2) is 9.37 Å². The molecule has 1 unspecified atom stereocenters. The lowest BCUT2D eigenvalue weighted by Crippen LogP contribution is -2.44. The molecule has 3 aromatic rings. The number of halogens is 1. The average molecular weight is 482 g/mol. The van der Waals surface area contributed by atoms with E-state index in [1.54, 1.807) is 26.5 Å². The van der Waals surface area contributed by atoms with Crippen molar-refractivity contribution in [3.63, 3.8) is 0 Å². The Bertz CT molecular complexity index is 1260. The number of methoxy groups -OCH3 is 2. The zero-order valence-electron chi connectivity index (χ0n) is 19.9. The Balaban J connectivity index is 1.37. The van der Waals surface area contributed by atoms with Crippen LogP contribution >= 0.6 is 0 Å². The molecule has 184 valence electrons. The van der Waals surface area contributed by atoms with Gasteiger partial charge in [0.1, 0.15) is 17.7 Å². The number of carbonyl (C=O) groups is 1. The molecule has 1 aliphatic carbocycles. The standard InChI is InChI=1S/C24H28FN7O3/c1-31-4-6-32(7-5-31)16-9-14(8-15(25)10-16)24(33)29-19-13-26-30-22(19)23-27-17-11-20(34-2)21(35-3)12-18(17)28-23/h8-11,13,21H,4-7,12H2,1-3H3,(H,26,30)(H,27,28)(H,29,33). The number of imidazole rings is 1. The third-order valence-electron chi connectivity index (χ3n) is 6.44.